The molecule has 0 fully saturated rings. The summed E-state index contributed by atoms with van der Waals surface area (Å²) in [6.45, 7) is 4.42. The first-order valence-corrected chi connectivity index (χ1v) is 12.2. The summed E-state index contributed by atoms with van der Waals surface area (Å²) < 4.78 is 18.0. The van der Waals surface area contributed by atoms with Crippen LogP contribution in [0.3, 0.4) is 0 Å². The molecule has 8 heteroatoms. The molecule has 1 aromatic carbocycles. The number of carbonyl (C=O) groups excluding carboxylic acids is 1. The number of carbonyl (C=O) groups is 1. The average Bonchev–Trinajstić information content (AvgIpc) is 3.15. The fraction of sp³-hybridized carbons (Fsp3) is 0.393. The zero-order valence-corrected chi connectivity index (χ0v) is 21.1. The van der Waals surface area contributed by atoms with Crippen LogP contribution >= 0.6 is 0 Å². The summed E-state index contributed by atoms with van der Waals surface area (Å²) in [5.74, 6) is 0.619. The molecule has 0 bridgehead atoms. The molecular weight excluding hydrogens is 458 g/mol. The van der Waals surface area contributed by atoms with Crippen LogP contribution in [0.4, 0.5) is 0 Å². The SMILES string of the molecule is COC(=O)c1c(OCc2ccncc2)cc(=O)n2c1CCN(C(C)CCc1ccc(OC)cc1)CC2. The van der Waals surface area contributed by atoms with Crippen molar-refractivity contribution in [2.45, 2.75) is 45.4 Å². The number of rotatable bonds is 9. The van der Waals surface area contributed by atoms with Crippen molar-refractivity contribution >= 4 is 5.97 Å². The maximum Gasteiger partial charge on any atom is 0.343 e. The number of aryl methyl sites for hydroxylation is 1. The topological polar surface area (TPSA) is 82.9 Å². The molecule has 0 saturated carbocycles. The molecule has 0 amide bonds. The number of methoxy groups -OCH3 is 2. The van der Waals surface area contributed by atoms with Gasteiger partial charge in [-0.2, -0.15) is 0 Å². The van der Waals surface area contributed by atoms with Crippen molar-refractivity contribution in [2.24, 2.45) is 0 Å². The van der Waals surface area contributed by atoms with Crippen LogP contribution < -0.4 is 15.0 Å². The lowest BCUT2D eigenvalue weighted by molar-refractivity contribution is 0.0592. The maximum atomic E-state index is 13.0. The first-order valence-electron chi connectivity index (χ1n) is 12.2. The van der Waals surface area contributed by atoms with E-state index in [0.717, 1.165) is 37.2 Å². The minimum atomic E-state index is -0.496. The van der Waals surface area contributed by atoms with Gasteiger partial charge in [0.1, 0.15) is 23.7 Å². The van der Waals surface area contributed by atoms with Crippen molar-refractivity contribution in [3.8, 4) is 11.5 Å². The number of nitrogens with zero attached hydrogens (tertiary/aromatic N) is 3. The summed E-state index contributed by atoms with van der Waals surface area (Å²) in [6.07, 6.45) is 5.85. The molecule has 0 spiro atoms. The molecule has 4 rings (SSSR count). The van der Waals surface area contributed by atoms with Gasteiger partial charge < -0.3 is 18.8 Å². The fourth-order valence-corrected chi connectivity index (χ4v) is 4.63. The van der Waals surface area contributed by atoms with Crippen molar-refractivity contribution in [2.75, 3.05) is 27.3 Å². The number of pyridine rings is 2. The van der Waals surface area contributed by atoms with E-state index in [4.69, 9.17) is 14.2 Å². The molecule has 36 heavy (non-hydrogen) atoms. The smallest absolute Gasteiger partial charge is 0.343 e. The Hall–Kier alpha value is -3.65. The molecule has 0 saturated heterocycles. The van der Waals surface area contributed by atoms with Gasteiger partial charge in [0.25, 0.3) is 5.56 Å². The summed E-state index contributed by atoms with van der Waals surface area (Å²) >= 11 is 0. The number of esters is 1. The normalized spacial score (nSPS) is 14.4. The molecule has 3 heterocycles. The molecule has 1 aliphatic rings. The minimum Gasteiger partial charge on any atom is -0.497 e. The second-order valence-electron chi connectivity index (χ2n) is 8.98. The highest BCUT2D eigenvalue weighted by Crippen LogP contribution is 2.26. The van der Waals surface area contributed by atoms with E-state index in [1.54, 1.807) is 24.1 Å². The van der Waals surface area contributed by atoms with Crippen LogP contribution in [0.25, 0.3) is 0 Å². The lowest BCUT2D eigenvalue weighted by Gasteiger charge is -2.27. The van der Waals surface area contributed by atoms with Crippen LogP contribution in [0.2, 0.25) is 0 Å². The van der Waals surface area contributed by atoms with Gasteiger partial charge in [-0.05, 0) is 55.2 Å². The first-order chi connectivity index (χ1) is 17.5. The first kappa shape index (κ1) is 25.4. The van der Waals surface area contributed by atoms with E-state index >= 15 is 0 Å². The van der Waals surface area contributed by atoms with Gasteiger partial charge in [0.15, 0.2) is 0 Å². The lowest BCUT2D eigenvalue weighted by Crippen LogP contribution is -2.36. The quantitative estimate of drug-likeness (QED) is 0.424. The predicted molar refractivity (Wildman–Crippen MR) is 137 cm³/mol. The van der Waals surface area contributed by atoms with Crippen molar-refractivity contribution in [3.05, 3.63) is 87.6 Å². The van der Waals surface area contributed by atoms with E-state index in [2.05, 4.69) is 28.9 Å². The Bertz CT molecular complexity index is 1220. The summed E-state index contributed by atoms with van der Waals surface area (Å²) in [7, 11) is 3.02. The minimum absolute atomic E-state index is 0.171. The molecule has 8 nitrogen and oxygen atoms in total. The van der Waals surface area contributed by atoms with Crippen LogP contribution in [-0.2, 0) is 30.7 Å². The Morgan fingerprint density at radius 2 is 1.78 bits per heavy atom. The van der Waals surface area contributed by atoms with Crippen LogP contribution in [0.5, 0.6) is 11.5 Å². The maximum absolute atomic E-state index is 13.0. The highest BCUT2D eigenvalue weighted by atomic mass is 16.5. The van der Waals surface area contributed by atoms with Crippen molar-refractivity contribution < 1.29 is 19.0 Å². The van der Waals surface area contributed by atoms with Crippen molar-refractivity contribution in [3.63, 3.8) is 0 Å². The number of ether oxygens (including phenoxy) is 3. The molecule has 3 aromatic rings. The van der Waals surface area contributed by atoms with Gasteiger partial charge >= 0.3 is 5.97 Å². The summed E-state index contributed by atoms with van der Waals surface area (Å²) in [6, 6.07) is 13.5. The number of fused-ring (bicyclic) bond motifs is 1. The number of hydrogen-bond acceptors (Lipinski definition) is 7. The molecular formula is C28H33N3O5. The Morgan fingerprint density at radius 3 is 2.47 bits per heavy atom. The van der Waals surface area contributed by atoms with Crippen LogP contribution in [-0.4, -0.2) is 53.8 Å². The molecule has 0 radical (unpaired) electrons. The van der Waals surface area contributed by atoms with Gasteiger partial charge in [-0.15, -0.1) is 0 Å². The lowest BCUT2D eigenvalue weighted by atomic mass is 10.0. The van der Waals surface area contributed by atoms with Gasteiger partial charge in [0.05, 0.1) is 14.2 Å². The van der Waals surface area contributed by atoms with Gasteiger partial charge in [-0.3, -0.25) is 14.7 Å². The monoisotopic (exact) mass is 491 g/mol. The second kappa shape index (κ2) is 11.9. The van der Waals surface area contributed by atoms with E-state index < -0.39 is 5.97 Å². The summed E-state index contributed by atoms with van der Waals surface area (Å²) in [5.41, 5.74) is 2.99. The zero-order chi connectivity index (χ0) is 25.5. The van der Waals surface area contributed by atoms with Gasteiger partial charge in [0, 0.05) is 56.3 Å². The summed E-state index contributed by atoms with van der Waals surface area (Å²) in [4.78, 5) is 32.2. The highest BCUT2D eigenvalue weighted by Gasteiger charge is 2.27. The molecule has 190 valence electrons. The largest absolute Gasteiger partial charge is 0.497 e. The molecule has 1 atom stereocenters. The van der Waals surface area contributed by atoms with Crippen LogP contribution in [0.1, 0.15) is 40.5 Å². The van der Waals surface area contributed by atoms with Gasteiger partial charge in [-0.1, -0.05) is 12.1 Å². The number of aromatic nitrogens is 2. The Balaban J connectivity index is 1.49. The van der Waals surface area contributed by atoms with E-state index in [-0.39, 0.29) is 17.9 Å². The number of benzene rings is 1. The van der Waals surface area contributed by atoms with E-state index in [1.165, 1.54) is 18.7 Å². The Kier molecular flexibility index (Phi) is 8.38. The second-order valence-corrected chi connectivity index (χ2v) is 8.98. The molecule has 0 aliphatic carbocycles. The molecule has 0 N–H and O–H groups in total. The van der Waals surface area contributed by atoms with Gasteiger partial charge in [-0.25, -0.2) is 4.79 Å². The predicted octanol–water partition coefficient (Wildman–Crippen LogP) is 3.50. The zero-order valence-electron chi connectivity index (χ0n) is 21.1. The van der Waals surface area contributed by atoms with Crippen molar-refractivity contribution in [1.29, 1.82) is 0 Å². The van der Waals surface area contributed by atoms with E-state index in [9.17, 15) is 9.59 Å². The molecule has 1 aliphatic heterocycles. The third-order valence-electron chi connectivity index (χ3n) is 6.79. The highest BCUT2D eigenvalue weighted by molar-refractivity contribution is 5.93. The standard InChI is InChI=1S/C28H33N3O5/c1-20(4-5-21-6-8-23(34-2)9-7-21)30-15-12-24-27(28(33)35-3)25(18-26(32)31(24)17-16-30)36-19-22-10-13-29-14-11-22/h6-11,13-14,18,20H,4-5,12,15-17,19H2,1-3H3. The average molecular weight is 492 g/mol. The third kappa shape index (κ3) is 5.94. The fourth-order valence-electron chi connectivity index (χ4n) is 4.63. The van der Waals surface area contributed by atoms with Crippen molar-refractivity contribution in [1.82, 2.24) is 14.5 Å². The molecule has 2 aromatic heterocycles. The third-order valence-corrected chi connectivity index (χ3v) is 6.79. The van der Waals surface area contributed by atoms with Crippen LogP contribution in [0, 0.1) is 0 Å². The Labute approximate surface area is 211 Å². The van der Waals surface area contributed by atoms with E-state index in [1.807, 2.05) is 24.3 Å². The van der Waals surface area contributed by atoms with Gasteiger partial charge in [0.2, 0.25) is 0 Å². The van der Waals surface area contributed by atoms with E-state index in [0.29, 0.717) is 30.3 Å². The Morgan fingerprint density at radius 1 is 1.03 bits per heavy atom. The van der Waals surface area contributed by atoms with Crippen LogP contribution in [0.15, 0.2) is 59.7 Å². The summed E-state index contributed by atoms with van der Waals surface area (Å²) in [5, 5.41) is 0. The molecule has 1 unspecified atom stereocenters. The number of hydrogen-bond donors (Lipinski definition) is 0.